The summed E-state index contributed by atoms with van der Waals surface area (Å²) >= 11 is 0. The van der Waals surface area contributed by atoms with Gasteiger partial charge in [0.1, 0.15) is 11.5 Å². The van der Waals surface area contributed by atoms with Crippen LogP contribution in [0.2, 0.25) is 0 Å². The molecule has 21 heavy (non-hydrogen) atoms. The summed E-state index contributed by atoms with van der Waals surface area (Å²) in [5.74, 6) is 1.36. The van der Waals surface area contributed by atoms with Gasteiger partial charge in [0.15, 0.2) is 0 Å². The van der Waals surface area contributed by atoms with Gasteiger partial charge >= 0.3 is 0 Å². The monoisotopic (exact) mass is 370 g/mol. The molecule has 0 aliphatic carbocycles. The summed E-state index contributed by atoms with van der Waals surface area (Å²) in [6.07, 6.45) is 1.63. The van der Waals surface area contributed by atoms with Crippen molar-refractivity contribution in [3.05, 3.63) is 58.1 Å². The second kappa shape index (κ2) is 7.55. The maximum atomic E-state index is 10.8. The van der Waals surface area contributed by atoms with Crippen LogP contribution >= 0.6 is 0 Å². The van der Waals surface area contributed by atoms with Crippen LogP contribution in [0.1, 0.15) is 5.56 Å². The number of methoxy groups -OCH3 is 1. The summed E-state index contributed by atoms with van der Waals surface area (Å²) < 4.78 is 10.5. The largest absolute Gasteiger partial charge is 0.516 e. The molecule has 0 radical (unpaired) electrons. The van der Waals surface area contributed by atoms with Gasteiger partial charge in [0, 0.05) is 31.7 Å². The van der Waals surface area contributed by atoms with Gasteiger partial charge in [-0.2, -0.15) is 0 Å². The number of carbonyl (C=O) groups excluding carboxylic acids is 1. The van der Waals surface area contributed by atoms with Gasteiger partial charge in [-0.15, -0.1) is 5.56 Å². The Hall–Kier alpha value is -2.20. The molecule has 2 aromatic carbocycles. The van der Waals surface area contributed by atoms with Crippen molar-refractivity contribution in [1.82, 2.24) is 0 Å². The molecule has 0 aliphatic heterocycles. The minimum Gasteiger partial charge on any atom is -0.516 e. The molecule has 0 N–H and O–H groups in total. The molecule has 0 aliphatic rings. The Morgan fingerprint density at radius 3 is 2.24 bits per heavy atom. The Morgan fingerprint density at radius 2 is 1.71 bits per heavy atom. The topological polar surface area (TPSA) is 78.7 Å². The molecule has 0 aromatic heterocycles. The van der Waals surface area contributed by atoms with E-state index in [1.807, 2.05) is 0 Å². The molecule has 0 heterocycles. The minimum atomic E-state index is -0.585. The molecule has 2 aromatic rings. The molecule has 0 atom stereocenters. The third-order valence-corrected chi connectivity index (χ3v) is 2.57. The van der Waals surface area contributed by atoms with E-state index in [1.165, 1.54) is 12.1 Å². The first kappa shape index (κ1) is 16.9. The summed E-state index contributed by atoms with van der Waals surface area (Å²) in [7, 11) is 1.55. The number of benzene rings is 2. The van der Waals surface area contributed by atoms with E-state index >= 15 is 0 Å². The predicted octanol–water partition coefficient (Wildman–Crippen LogP) is 2.85. The number of rotatable bonds is 5. The zero-order chi connectivity index (χ0) is 14.5. The average molecular weight is 368 g/mol. The number of hydrogen-bond donors (Lipinski definition) is 0. The van der Waals surface area contributed by atoms with E-state index in [4.69, 9.17) is 9.47 Å². The number of ether oxygens (including phenoxy) is 2. The van der Waals surface area contributed by atoms with Crippen LogP contribution in [0.25, 0.3) is 0 Å². The fourth-order valence-corrected chi connectivity index (χ4v) is 1.57. The first-order chi connectivity index (χ1) is 9.63. The van der Waals surface area contributed by atoms with Gasteiger partial charge < -0.3 is 14.3 Å². The van der Waals surface area contributed by atoms with Crippen LogP contribution in [0, 0.1) is 10.1 Å². The van der Waals surface area contributed by atoms with E-state index in [2.05, 4.69) is 0 Å². The molecule has 0 unspecified atom stereocenters. The molecule has 0 bridgehead atoms. The third-order valence-electron chi connectivity index (χ3n) is 2.57. The summed E-state index contributed by atoms with van der Waals surface area (Å²) in [6.45, 7) is 0. The number of hydrogen-bond acceptors (Lipinski definition) is 5. The Labute approximate surface area is 135 Å². The standard InChI is InChI=1S/C14H10NO5.Mo/c1-19-12-3-5-13(6-4-12)20-14-7-2-11(15(17)18)8-10(14)9-16;/h2-8H,1H3;/q-1;. The fraction of sp³-hybridized carbons (Fsp3) is 0.0714. The fourth-order valence-electron chi connectivity index (χ4n) is 1.57. The maximum absolute atomic E-state index is 10.8. The van der Waals surface area contributed by atoms with Crippen molar-refractivity contribution < 1.29 is 40.3 Å². The van der Waals surface area contributed by atoms with E-state index in [0.29, 0.717) is 11.5 Å². The van der Waals surface area contributed by atoms with E-state index < -0.39 is 4.92 Å². The molecule has 6 nitrogen and oxygen atoms in total. The van der Waals surface area contributed by atoms with Gasteiger partial charge in [0.25, 0.3) is 0 Å². The second-order valence-corrected chi connectivity index (χ2v) is 3.82. The number of nitro benzene ring substituents is 1. The van der Waals surface area contributed by atoms with Gasteiger partial charge in [-0.1, -0.05) is 12.1 Å². The van der Waals surface area contributed by atoms with Crippen molar-refractivity contribution in [2.45, 2.75) is 0 Å². The SMILES string of the molecule is COc1ccc(Oc2ccc([N+](=O)[O-])cc2[C-]=O)cc1.[Mo]. The van der Waals surface area contributed by atoms with Crippen molar-refractivity contribution in [3.63, 3.8) is 0 Å². The molecule has 0 spiro atoms. The van der Waals surface area contributed by atoms with Gasteiger partial charge in [0.05, 0.1) is 13.4 Å². The van der Waals surface area contributed by atoms with Crippen molar-refractivity contribution in [2.24, 2.45) is 0 Å². The normalized spacial score (nSPS) is 9.38. The van der Waals surface area contributed by atoms with E-state index in [0.717, 1.165) is 6.07 Å². The van der Waals surface area contributed by atoms with Crippen LogP contribution in [0.3, 0.4) is 0 Å². The molecular weight excluding hydrogens is 358 g/mol. The Balaban J connectivity index is 0.00000220. The van der Waals surface area contributed by atoms with Gasteiger partial charge in [-0.3, -0.25) is 10.1 Å². The summed E-state index contributed by atoms with van der Waals surface area (Å²) in [6, 6.07) is 10.5. The molecular formula is C14H10MoNO5-. The van der Waals surface area contributed by atoms with Crippen LogP contribution in [0.15, 0.2) is 42.5 Å². The van der Waals surface area contributed by atoms with E-state index in [1.54, 1.807) is 37.7 Å². The number of non-ortho nitro benzene ring substituents is 1. The van der Waals surface area contributed by atoms with E-state index in [-0.39, 0.29) is 38.1 Å². The molecule has 2 rings (SSSR count). The summed E-state index contributed by atoms with van der Waals surface area (Å²) in [5.41, 5.74) is -0.194. The number of nitro groups is 1. The van der Waals surface area contributed by atoms with E-state index in [9.17, 15) is 14.9 Å². The van der Waals surface area contributed by atoms with Crippen LogP contribution in [0.5, 0.6) is 17.2 Å². The molecule has 7 heteroatoms. The van der Waals surface area contributed by atoms with Crippen LogP contribution < -0.4 is 9.47 Å². The third kappa shape index (κ3) is 4.13. The minimum absolute atomic E-state index is 0. The van der Waals surface area contributed by atoms with Crippen molar-refractivity contribution in [1.29, 1.82) is 0 Å². The summed E-state index contributed by atoms with van der Waals surface area (Å²) in [5, 5.41) is 10.6. The predicted molar refractivity (Wildman–Crippen MR) is 71.0 cm³/mol. The zero-order valence-corrected chi connectivity index (χ0v) is 12.9. The molecule has 108 valence electrons. The molecule has 0 amide bonds. The zero-order valence-electron chi connectivity index (χ0n) is 10.9. The molecule has 0 saturated carbocycles. The smallest absolute Gasteiger partial charge is 0.217 e. The van der Waals surface area contributed by atoms with Gasteiger partial charge in [-0.25, -0.2) is 0 Å². The van der Waals surface area contributed by atoms with Gasteiger partial charge in [-0.05, 0) is 30.3 Å². The van der Waals surface area contributed by atoms with Crippen molar-refractivity contribution in [2.75, 3.05) is 7.11 Å². The first-order valence-corrected chi connectivity index (χ1v) is 5.62. The van der Waals surface area contributed by atoms with Crippen LogP contribution in [0.4, 0.5) is 5.69 Å². The Bertz CT molecular complexity index is 642. The second-order valence-electron chi connectivity index (χ2n) is 3.82. The Morgan fingerprint density at radius 1 is 1.10 bits per heavy atom. The molecule has 0 fully saturated rings. The summed E-state index contributed by atoms with van der Waals surface area (Å²) in [4.78, 5) is 20.9. The van der Waals surface area contributed by atoms with Crippen molar-refractivity contribution >= 4 is 12.0 Å². The maximum Gasteiger partial charge on any atom is 0.217 e. The average Bonchev–Trinajstić information content (AvgIpc) is 2.48. The van der Waals surface area contributed by atoms with Crippen molar-refractivity contribution in [3.8, 4) is 17.2 Å². The van der Waals surface area contributed by atoms with Crippen LogP contribution in [-0.4, -0.2) is 18.3 Å². The van der Waals surface area contributed by atoms with Crippen LogP contribution in [-0.2, 0) is 25.9 Å². The quantitative estimate of drug-likeness (QED) is 0.351. The Kier molecular flexibility index (Phi) is 6.06. The first-order valence-electron chi connectivity index (χ1n) is 5.62. The number of nitrogens with zero attached hydrogens (tertiary/aromatic N) is 1. The van der Waals surface area contributed by atoms with Gasteiger partial charge in [0.2, 0.25) is 5.69 Å². The molecule has 0 saturated heterocycles.